The fourth-order valence-corrected chi connectivity index (χ4v) is 5.69. The first-order valence-corrected chi connectivity index (χ1v) is 11.0. The molecule has 0 amide bonds. The molecule has 1 atom stereocenters. The number of quaternary nitrogens is 1. The summed E-state index contributed by atoms with van der Waals surface area (Å²) in [6, 6.07) is 10.1. The first kappa shape index (κ1) is 18.5. The number of fused-ring (bicyclic) bond motifs is 3. The Morgan fingerprint density at radius 3 is 2.89 bits per heavy atom. The van der Waals surface area contributed by atoms with Crippen molar-refractivity contribution in [2.45, 2.75) is 31.6 Å². The van der Waals surface area contributed by atoms with Crippen LogP contribution in [0.3, 0.4) is 0 Å². The van der Waals surface area contributed by atoms with Crippen molar-refractivity contribution >= 4 is 33.3 Å². The molecule has 0 fully saturated rings. The molecule has 1 unspecified atom stereocenters. The van der Waals surface area contributed by atoms with Crippen molar-refractivity contribution in [1.29, 1.82) is 0 Å². The zero-order valence-electron chi connectivity index (χ0n) is 15.7. The lowest BCUT2D eigenvalue weighted by atomic mass is 10.1. The molecule has 27 heavy (non-hydrogen) atoms. The van der Waals surface area contributed by atoms with Crippen LogP contribution in [0, 0.1) is 0 Å². The van der Waals surface area contributed by atoms with Gasteiger partial charge in [0.15, 0.2) is 5.16 Å². The number of hydrogen-bond donors (Lipinski definition) is 1. The number of aromatic nitrogens is 2. The van der Waals surface area contributed by atoms with Crippen LogP contribution in [0.1, 0.15) is 22.9 Å². The Morgan fingerprint density at radius 2 is 2.15 bits per heavy atom. The molecule has 1 aliphatic rings. The molecule has 1 aliphatic heterocycles. The second kappa shape index (κ2) is 7.62. The lowest BCUT2D eigenvalue weighted by Crippen LogP contribution is -3.08. The third-order valence-corrected chi connectivity index (χ3v) is 7.19. The van der Waals surface area contributed by atoms with E-state index in [4.69, 9.17) is 4.98 Å². The van der Waals surface area contributed by atoms with Gasteiger partial charge in [0.2, 0.25) is 0 Å². The third-order valence-electron chi connectivity index (χ3n) is 4.85. The van der Waals surface area contributed by atoms with E-state index in [-0.39, 0.29) is 5.56 Å². The Morgan fingerprint density at radius 1 is 1.37 bits per heavy atom. The van der Waals surface area contributed by atoms with E-state index in [0.29, 0.717) is 6.54 Å². The van der Waals surface area contributed by atoms with E-state index in [1.807, 2.05) is 29.7 Å². The van der Waals surface area contributed by atoms with Crippen LogP contribution in [0.15, 0.2) is 52.4 Å². The number of nitrogens with zero attached hydrogens (tertiary/aromatic N) is 2. The molecule has 0 aliphatic carbocycles. The summed E-state index contributed by atoms with van der Waals surface area (Å²) < 4.78 is 1.85. The minimum absolute atomic E-state index is 0.102. The molecule has 3 heterocycles. The normalized spacial score (nSPS) is 16.4. The van der Waals surface area contributed by atoms with Crippen LogP contribution in [-0.4, -0.2) is 28.9 Å². The molecule has 0 saturated carbocycles. The summed E-state index contributed by atoms with van der Waals surface area (Å²) in [4.78, 5) is 22.1. The topological polar surface area (TPSA) is 39.3 Å². The summed E-state index contributed by atoms with van der Waals surface area (Å²) in [6.45, 7) is 8.62. The molecule has 3 aromatic rings. The predicted octanol–water partition coefficient (Wildman–Crippen LogP) is 2.75. The summed E-state index contributed by atoms with van der Waals surface area (Å²) >= 11 is 3.30. The highest BCUT2D eigenvalue weighted by Crippen LogP contribution is 2.31. The van der Waals surface area contributed by atoms with E-state index >= 15 is 0 Å². The maximum Gasteiger partial charge on any atom is 0.263 e. The lowest BCUT2D eigenvalue weighted by molar-refractivity contribution is -0.895. The summed E-state index contributed by atoms with van der Waals surface area (Å²) in [5.74, 6) is 0.769. The zero-order valence-corrected chi connectivity index (χ0v) is 17.4. The molecule has 0 bridgehead atoms. The molecule has 140 valence electrons. The van der Waals surface area contributed by atoms with Crippen LogP contribution in [0.4, 0.5) is 0 Å². The Hall–Kier alpha value is -1.89. The van der Waals surface area contributed by atoms with Gasteiger partial charge < -0.3 is 4.90 Å². The monoisotopic (exact) mass is 398 g/mol. The Kier molecular flexibility index (Phi) is 5.21. The highest BCUT2D eigenvalue weighted by Gasteiger charge is 2.25. The van der Waals surface area contributed by atoms with Crippen molar-refractivity contribution in [2.24, 2.45) is 0 Å². The molecule has 0 radical (unpaired) electrons. The number of rotatable bonds is 5. The van der Waals surface area contributed by atoms with Gasteiger partial charge in [-0.1, -0.05) is 54.2 Å². The number of likely N-dealkylation sites (N-methyl/N-ethyl adjacent to an activating group) is 1. The molecule has 6 heteroatoms. The molecule has 2 aromatic heterocycles. The van der Waals surface area contributed by atoms with E-state index in [1.54, 1.807) is 23.1 Å². The fraction of sp³-hybridized carbons (Fsp3) is 0.333. The van der Waals surface area contributed by atoms with Gasteiger partial charge in [-0.2, -0.15) is 0 Å². The second-order valence-electron chi connectivity index (χ2n) is 7.33. The van der Waals surface area contributed by atoms with Crippen LogP contribution in [0.5, 0.6) is 0 Å². The van der Waals surface area contributed by atoms with E-state index in [2.05, 4.69) is 25.8 Å². The van der Waals surface area contributed by atoms with E-state index in [9.17, 15) is 4.79 Å². The minimum atomic E-state index is 0.102. The molecule has 4 nitrogen and oxygen atoms in total. The summed E-state index contributed by atoms with van der Waals surface area (Å²) in [6.07, 6.45) is 0.960. The van der Waals surface area contributed by atoms with E-state index in [1.165, 1.54) is 15.3 Å². The second-order valence-corrected chi connectivity index (χ2v) is 9.36. The first-order valence-electron chi connectivity index (χ1n) is 9.20. The van der Waals surface area contributed by atoms with Crippen molar-refractivity contribution in [3.63, 3.8) is 0 Å². The average Bonchev–Trinajstić information content (AvgIpc) is 3.00. The van der Waals surface area contributed by atoms with Gasteiger partial charge >= 0.3 is 0 Å². The highest BCUT2D eigenvalue weighted by atomic mass is 32.2. The fourth-order valence-electron chi connectivity index (χ4n) is 3.48. The Labute approximate surface area is 167 Å². The van der Waals surface area contributed by atoms with Gasteiger partial charge in [-0.15, -0.1) is 11.3 Å². The van der Waals surface area contributed by atoms with Gasteiger partial charge in [-0.05, 0) is 18.1 Å². The molecule has 1 aromatic carbocycles. The van der Waals surface area contributed by atoms with Gasteiger partial charge in [0, 0.05) is 12.2 Å². The third kappa shape index (κ3) is 3.74. The quantitative estimate of drug-likeness (QED) is 0.408. The average molecular weight is 399 g/mol. The van der Waals surface area contributed by atoms with Gasteiger partial charge in [-0.25, -0.2) is 4.98 Å². The number of thiophene rings is 1. The van der Waals surface area contributed by atoms with Gasteiger partial charge in [0.1, 0.15) is 11.4 Å². The van der Waals surface area contributed by atoms with Crippen LogP contribution >= 0.6 is 23.1 Å². The van der Waals surface area contributed by atoms with E-state index in [0.717, 1.165) is 51.8 Å². The maximum absolute atomic E-state index is 13.5. The van der Waals surface area contributed by atoms with Gasteiger partial charge in [0.25, 0.3) is 5.56 Å². The molecular formula is C21H24N3OS2+. The number of benzene rings is 1. The van der Waals surface area contributed by atoms with Crippen molar-refractivity contribution in [3.05, 3.63) is 68.8 Å². The maximum atomic E-state index is 13.5. The summed E-state index contributed by atoms with van der Waals surface area (Å²) in [5.41, 5.74) is 3.53. The Bertz CT molecular complexity index is 1050. The van der Waals surface area contributed by atoms with Crippen LogP contribution in [0.25, 0.3) is 10.2 Å². The molecule has 0 spiro atoms. The summed E-state index contributed by atoms with van der Waals surface area (Å²) in [5, 5.41) is 1.64. The summed E-state index contributed by atoms with van der Waals surface area (Å²) in [7, 11) is 2.21. The molecule has 1 N–H and O–H groups in total. The lowest BCUT2D eigenvalue weighted by Gasteiger charge is -2.19. The van der Waals surface area contributed by atoms with Crippen molar-refractivity contribution < 1.29 is 4.90 Å². The van der Waals surface area contributed by atoms with Crippen LogP contribution < -0.4 is 10.5 Å². The number of hydrogen-bond acceptors (Lipinski definition) is 4. The van der Waals surface area contributed by atoms with Crippen molar-refractivity contribution in [2.75, 3.05) is 19.3 Å². The van der Waals surface area contributed by atoms with Gasteiger partial charge in [-0.3, -0.25) is 9.36 Å². The predicted molar refractivity (Wildman–Crippen MR) is 114 cm³/mol. The van der Waals surface area contributed by atoms with Crippen LogP contribution in [-0.2, 0) is 19.5 Å². The Balaban J connectivity index is 1.86. The SMILES string of the molecule is C=C(C)CSc1nc2sc3c(c2c(=O)n1Cc1ccccc1)CC[NH+](C)C3. The largest absolute Gasteiger partial charge is 0.333 e. The first-order chi connectivity index (χ1) is 13.0. The van der Waals surface area contributed by atoms with Crippen LogP contribution in [0.2, 0.25) is 0 Å². The molecular weight excluding hydrogens is 374 g/mol. The van der Waals surface area contributed by atoms with Gasteiger partial charge in [0.05, 0.1) is 30.4 Å². The molecule has 0 saturated heterocycles. The smallest absolute Gasteiger partial charge is 0.263 e. The van der Waals surface area contributed by atoms with Crippen molar-refractivity contribution in [1.82, 2.24) is 9.55 Å². The number of nitrogens with one attached hydrogen (secondary N) is 1. The van der Waals surface area contributed by atoms with E-state index < -0.39 is 0 Å². The standard InChI is InChI=1S/C21H23N3OS2/c1-14(2)13-26-21-22-19-18(16-9-10-23(3)12-17(16)27-19)20(25)24(21)11-15-7-5-4-6-8-15/h4-8H,1,9-13H2,2-3H3/p+1. The zero-order chi connectivity index (χ0) is 19.0. The van der Waals surface area contributed by atoms with Crippen molar-refractivity contribution in [3.8, 4) is 0 Å². The molecule has 4 rings (SSSR count). The minimum Gasteiger partial charge on any atom is -0.333 e. The highest BCUT2D eigenvalue weighted by molar-refractivity contribution is 7.99. The number of thioether (sulfide) groups is 1.